The minimum atomic E-state index is -0.264. The van der Waals surface area contributed by atoms with Gasteiger partial charge in [-0.3, -0.25) is 0 Å². The zero-order chi connectivity index (χ0) is 6.08. The molecule has 60 valence electrons. The van der Waals surface area contributed by atoms with E-state index in [1.807, 2.05) is 21.1 Å². The van der Waals surface area contributed by atoms with E-state index in [1.54, 1.807) is 6.92 Å². The van der Waals surface area contributed by atoms with Crippen LogP contribution in [0.25, 0.3) is 0 Å². The molecule has 1 atom stereocenters. The van der Waals surface area contributed by atoms with Gasteiger partial charge in [-0.15, -0.1) is 0 Å². The normalized spacial score (nSPS) is 13.0. The lowest BCUT2D eigenvalue weighted by Crippen LogP contribution is -2.42. The molecule has 4 heteroatoms. The van der Waals surface area contributed by atoms with Crippen molar-refractivity contribution in [2.75, 3.05) is 21.1 Å². The Bertz CT molecular complexity index is 57.7. The van der Waals surface area contributed by atoms with Crippen LogP contribution < -0.4 is 0 Å². The van der Waals surface area contributed by atoms with Crippen molar-refractivity contribution in [2.24, 2.45) is 0 Å². The summed E-state index contributed by atoms with van der Waals surface area (Å²) in [6.45, 7) is 1.78. The molecule has 0 saturated carbocycles. The van der Waals surface area contributed by atoms with E-state index in [2.05, 4.69) is 0 Å². The Kier molecular flexibility index (Phi) is 8.31. The fourth-order valence-electron chi connectivity index (χ4n) is 0. The molecule has 5 N–H and O–H groups in total. The largest absolute Gasteiger partial charge is 0.412 e. The number of aliphatic hydroxyl groups is 1. The molecule has 0 aromatic heterocycles. The van der Waals surface area contributed by atoms with E-state index in [-0.39, 0.29) is 17.2 Å². The Labute approximate surface area is 55.9 Å². The monoisotopic (exact) mass is 140 g/mol. The molecule has 0 aliphatic heterocycles. The zero-order valence-corrected chi connectivity index (χ0v) is 6.47. The predicted octanol–water partition coefficient (Wildman–Crippen LogP) is -1.62. The van der Waals surface area contributed by atoms with Crippen LogP contribution >= 0.6 is 0 Å². The maximum Gasteiger partial charge on any atom is 0.187 e. The molecule has 0 heterocycles. The summed E-state index contributed by atoms with van der Waals surface area (Å²) in [6, 6.07) is 0. The molecule has 0 aromatic carbocycles. The van der Waals surface area contributed by atoms with E-state index in [1.165, 1.54) is 0 Å². The predicted molar refractivity (Wildman–Crippen MR) is 36.9 cm³/mol. The van der Waals surface area contributed by atoms with E-state index in [4.69, 9.17) is 5.11 Å². The Hall–Kier alpha value is -0.160. The van der Waals surface area contributed by atoms with Crippen molar-refractivity contribution in [2.45, 2.75) is 13.2 Å². The van der Waals surface area contributed by atoms with Crippen molar-refractivity contribution in [1.29, 1.82) is 0 Å². The van der Waals surface area contributed by atoms with Gasteiger partial charge in [-0.2, -0.15) is 0 Å². The topological polar surface area (TPSA) is 83.2 Å². The Morgan fingerprint density at radius 3 is 1.22 bits per heavy atom. The number of aliphatic hydroxyl groups excluding tert-OH is 1. The third-order valence-corrected chi connectivity index (χ3v) is 1.12. The van der Waals surface area contributed by atoms with Gasteiger partial charge < -0.3 is 20.5 Å². The minimum Gasteiger partial charge on any atom is -0.412 e. The van der Waals surface area contributed by atoms with Gasteiger partial charge >= 0.3 is 0 Å². The molecule has 4 nitrogen and oxygen atoms in total. The maximum absolute atomic E-state index is 8.86. The second kappa shape index (κ2) is 4.69. The second-order valence-electron chi connectivity index (χ2n) is 2.75. The van der Waals surface area contributed by atoms with Gasteiger partial charge in [-0.1, -0.05) is 0 Å². The summed E-state index contributed by atoms with van der Waals surface area (Å²) in [4.78, 5) is 0. The molecule has 0 spiro atoms. The Balaban J connectivity index is -0.000000180. The molecule has 0 radical (unpaired) electrons. The van der Waals surface area contributed by atoms with E-state index in [9.17, 15) is 0 Å². The van der Waals surface area contributed by atoms with Crippen LogP contribution in [0.15, 0.2) is 0 Å². The van der Waals surface area contributed by atoms with Crippen LogP contribution in [0.1, 0.15) is 6.92 Å². The van der Waals surface area contributed by atoms with Crippen LogP contribution in [0.4, 0.5) is 0 Å². The average Bonchev–Trinajstić information content (AvgIpc) is 1.31. The molecule has 0 amide bonds. The maximum atomic E-state index is 8.86. The first-order valence-electron chi connectivity index (χ1n) is 2.44. The standard InChI is InChI=1S/C5H14NO.2H2O/c1-5(7)6(2,3)4;;/h5,7H,1-4H3;2*1H2/q+1;;. The quantitative estimate of drug-likeness (QED) is 0.344. The third-order valence-electron chi connectivity index (χ3n) is 1.12. The molecule has 0 saturated heterocycles. The number of hydrogen-bond donors (Lipinski definition) is 1. The molecule has 0 aliphatic rings. The number of nitrogens with zero attached hydrogens (tertiary/aromatic N) is 1. The Morgan fingerprint density at radius 1 is 1.11 bits per heavy atom. The van der Waals surface area contributed by atoms with Crippen LogP contribution in [0.3, 0.4) is 0 Å². The molecule has 1 unspecified atom stereocenters. The number of quaternary nitrogens is 1. The van der Waals surface area contributed by atoms with Crippen molar-refractivity contribution in [3.8, 4) is 0 Å². The molecule has 0 aromatic rings. The van der Waals surface area contributed by atoms with E-state index < -0.39 is 0 Å². The van der Waals surface area contributed by atoms with Gasteiger partial charge in [-0.25, -0.2) is 0 Å². The highest BCUT2D eigenvalue weighted by molar-refractivity contribution is 4.18. The van der Waals surface area contributed by atoms with Gasteiger partial charge in [0.2, 0.25) is 0 Å². The number of rotatable bonds is 1. The van der Waals surface area contributed by atoms with Gasteiger partial charge in [0.05, 0.1) is 21.1 Å². The molecular weight excluding hydrogens is 122 g/mol. The van der Waals surface area contributed by atoms with E-state index >= 15 is 0 Å². The summed E-state index contributed by atoms with van der Waals surface area (Å²) < 4.78 is 0.611. The van der Waals surface area contributed by atoms with Crippen LogP contribution in [0, 0.1) is 0 Å². The highest BCUT2D eigenvalue weighted by Crippen LogP contribution is 1.94. The summed E-state index contributed by atoms with van der Waals surface area (Å²) >= 11 is 0. The first kappa shape index (κ1) is 15.9. The fourth-order valence-corrected chi connectivity index (χ4v) is 0. The zero-order valence-electron chi connectivity index (χ0n) is 6.47. The van der Waals surface area contributed by atoms with Crippen LogP contribution in [0.5, 0.6) is 0 Å². The van der Waals surface area contributed by atoms with Crippen molar-refractivity contribution in [1.82, 2.24) is 0 Å². The highest BCUT2D eigenvalue weighted by Gasteiger charge is 2.12. The van der Waals surface area contributed by atoms with Crippen molar-refractivity contribution >= 4 is 0 Å². The summed E-state index contributed by atoms with van der Waals surface area (Å²) in [5, 5.41) is 8.86. The molecular formula is C5H18NO3+. The second-order valence-corrected chi connectivity index (χ2v) is 2.75. The molecule has 0 bridgehead atoms. The van der Waals surface area contributed by atoms with Crippen LogP contribution in [-0.2, 0) is 0 Å². The van der Waals surface area contributed by atoms with Crippen LogP contribution in [-0.4, -0.2) is 47.9 Å². The lowest BCUT2D eigenvalue weighted by Gasteiger charge is -2.26. The van der Waals surface area contributed by atoms with Gasteiger partial charge in [0.1, 0.15) is 0 Å². The van der Waals surface area contributed by atoms with Gasteiger partial charge in [0.15, 0.2) is 6.23 Å². The Morgan fingerprint density at radius 2 is 1.22 bits per heavy atom. The first-order chi connectivity index (χ1) is 2.94. The van der Waals surface area contributed by atoms with Gasteiger partial charge in [0, 0.05) is 6.92 Å². The highest BCUT2D eigenvalue weighted by atomic mass is 16.3. The van der Waals surface area contributed by atoms with Gasteiger partial charge in [-0.05, 0) is 0 Å². The molecule has 0 aliphatic carbocycles. The number of hydrogen-bond acceptors (Lipinski definition) is 1. The summed E-state index contributed by atoms with van der Waals surface area (Å²) in [7, 11) is 5.85. The average molecular weight is 140 g/mol. The summed E-state index contributed by atoms with van der Waals surface area (Å²) in [5.41, 5.74) is 0. The fraction of sp³-hybridized carbons (Fsp3) is 1.00. The minimum absolute atomic E-state index is 0. The smallest absolute Gasteiger partial charge is 0.187 e. The molecule has 0 rings (SSSR count). The SMILES string of the molecule is CC(O)[N+](C)(C)C.O.O. The lowest BCUT2D eigenvalue weighted by atomic mass is 10.5. The summed E-state index contributed by atoms with van der Waals surface area (Å²) in [6.07, 6.45) is -0.264. The van der Waals surface area contributed by atoms with Crippen molar-refractivity contribution in [3.05, 3.63) is 0 Å². The third kappa shape index (κ3) is 7.84. The first-order valence-corrected chi connectivity index (χ1v) is 2.44. The van der Waals surface area contributed by atoms with E-state index in [0.717, 1.165) is 0 Å². The van der Waals surface area contributed by atoms with E-state index in [0.29, 0.717) is 4.48 Å². The van der Waals surface area contributed by atoms with Crippen molar-refractivity contribution in [3.63, 3.8) is 0 Å². The molecule has 0 fully saturated rings. The summed E-state index contributed by atoms with van der Waals surface area (Å²) in [5.74, 6) is 0. The van der Waals surface area contributed by atoms with Crippen LogP contribution in [0.2, 0.25) is 0 Å². The lowest BCUT2D eigenvalue weighted by molar-refractivity contribution is -0.916. The molecule has 9 heavy (non-hydrogen) atoms. The van der Waals surface area contributed by atoms with Gasteiger partial charge in [0.25, 0.3) is 0 Å². The van der Waals surface area contributed by atoms with Crippen molar-refractivity contribution < 1.29 is 20.5 Å².